The molecule has 0 aliphatic rings. The highest BCUT2D eigenvalue weighted by Gasteiger charge is 2.16. The Labute approximate surface area is 101 Å². The molecule has 0 saturated carbocycles. The van der Waals surface area contributed by atoms with Crippen molar-refractivity contribution in [1.82, 2.24) is 0 Å². The third-order valence-electron chi connectivity index (χ3n) is 2.36. The van der Waals surface area contributed by atoms with Crippen molar-refractivity contribution in [3.05, 3.63) is 44.5 Å². The molecular formula is C11H9BBrFO2. The van der Waals surface area contributed by atoms with Gasteiger partial charge in [0.2, 0.25) is 5.43 Å². The highest BCUT2D eigenvalue weighted by molar-refractivity contribution is 9.10. The van der Waals surface area contributed by atoms with Gasteiger partial charge in [-0.1, -0.05) is 13.0 Å². The van der Waals surface area contributed by atoms with E-state index in [-0.39, 0.29) is 22.2 Å². The lowest BCUT2D eigenvalue weighted by Crippen LogP contribution is -2.09. The summed E-state index contributed by atoms with van der Waals surface area (Å²) < 4.78 is 19.3. The number of hydrogen-bond acceptors (Lipinski definition) is 2. The first-order valence-electron chi connectivity index (χ1n) is 4.93. The molecule has 0 radical (unpaired) electrons. The van der Waals surface area contributed by atoms with Crippen molar-refractivity contribution in [1.29, 1.82) is 0 Å². The van der Waals surface area contributed by atoms with E-state index in [2.05, 4.69) is 15.9 Å². The lowest BCUT2D eigenvalue weighted by atomic mass is 9.87. The zero-order chi connectivity index (χ0) is 11.9. The van der Waals surface area contributed by atoms with E-state index in [1.54, 1.807) is 6.07 Å². The predicted molar refractivity (Wildman–Crippen MR) is 67.1 cm³/mol. The van der Waals surface area contributed by atoms with E-state index in [9.17, 15) is 9.18 Å². The van der Waals surface area contributed by atoms with Crippen LogP contribution >= 0.6 is 15.9 Å². The summed E-state index contributed by atoms with van der Waals surface area (Å²) in [6.45, 7) is 1.91. The van der Waals surface area contributed by atoms with Gasteiger partial charge >= 0.3 is 0 Å². The van der Waals surface area contributed by atoms with Gasteiger partial charge in [0.15, 0.2) is 0 Å². The van der Waals surface area contributed by atoms with Crippen LogP contribution in [0.1, 0.15) is 18.5 Å². The molecule has 0 aliphatic carbocycles. The highest BCUT2D eigenvalue weighted by atomic mass is 79.9. The molecule has 1 aromatic heterocycles. The van der Waals surface area contributed by atoms with Gasteiger partial charge in [0.05, 0.1) is 0 Å². The molecular weight excluding hydrogens is 274 g/mol. The van der Waals surface area contributed by atoms with Crippen LogP contribution in [0.2, 0.25) is 0 Å². The Bertz CT molecular complexity index is 607. The molecule has 1 heterocycles. The lowest BCUT2D eigenvalue weighted by Gasteiger charge is -2.08. The van der Waals surface area contributed by atoms with Crippen LogP contribution in [0.25, 0.3) is 11.0 Å². The summed E-state index contributed by atoms with van der Waals surface area (Å²) in [5, 5.41) is -0.00113. The van der Waals surface area contributed by atoms with E-state index >= 15 is 0 Å². The second kappa shape index (κ2) is 4.05. The summed E-state index contributed by atoms with van der Waals surface area (Å²) in [6.07, 6.45) is 0. The topological polar surface area (TPSA) is 30.2 Å². The Hall–Kier alpha value is -1.10. The molecule has 16 heavy (non-hydrogen) atoms. The Morgan fingerprint density at radius 3 is 2.81 bits per heavy atom. The van der Waals surface area contributed by atoms with E-state index in [0.29, 0.717) is 10.2 Å². The number of fused-ring (bicyclic) bond motifs is 1. The summed E-state index contributed by atoms with van der Waals surface area (Å²) in [7, 11) is 1.91. The summed E-state index contributed by atoms with van der Waals surface area (Å²) >= 11 is 3.16. The molecule has 1 aromatic carbocycles. The smallest absolute Gasteiger partial charge is 0.210 e. The fraction of sp³-hybridized carbons (Fsp3) is 0.182. The van der Waals surface area contributed by atoms with Crippen LogP contribution in [0.4, 0.5) is 4.39 Å². The molecule has 1 unspecified atom stereocenters. The fourth-order valence-electron chi connectivity index (χ4n) is 1.57. The maximum atomic E-state index is 13.5. The number of rotatable bonds is 1. The van der Waals surface area contributed by atoms with E-state index < -0.39 is 5.82 Å². The van der Waals surface area contributed by atoms with Gasteiger partial charge in [0, 0.05) is 0 Å². The summed E-state index contributed by atoms with van der Waals surface area (Å²) in [5.74, 6) is 0.0556. The second-order valence-corrected chi connectivity index (χ2v) is 4.67. The second-order valence-electron chi connectivity index (χ2n) is 3.88. The van der Waals surface area contributed by atoms with E-state index in [1.807, 2.05) is 14.8 Å². The molecule has 0 aliphatic heterocycles. The van der Waals surface area contributed by atoms with E-state index in [1.165, 1.54) is 12.1 Å². The third-order valence-corrected chi connectivity index (χ3v) is 3.11. The highest BCUT2D eigenvalue weighted by Crippen LogP contribution is 2.25. The molecule has 82 valence electrons. The first-order chi connectivity index (χ1) is 7.52. The molecule has 2 rings (SSSR count). The lowest BCUT2D eigenvalue weighted by molar-refractivity contribution is 0.528. The van der Waals surface area contributed by atoms with E-state index in [4.69, 9.17) is 4.42 Å². The van der Waals surface area contributed by atoms with Crippen LogP contribution in [-0.4, -0.2) is 7.85 Å². The average Bonchev–Trinajstić information content (AvgIpc) is 2.22. The number of benzene rings is 1. The summed E-state index contributed by atoms with van der Waals surface area (Å²) in [5.41, 5.74) is -0.0695. The van der Waals surface area contributed by atoms with Gasteiger partial charge in [0.25, 0.3) is 0 Å². The Morgan fingerprint density at radius 1 is 1.50 bits per heavy atom. The third kappa shape index (κ3) is 1.69. The van der Waals surface area contributed by atoms with Gasteiger partial charge < -0.3 is 4.42 Å². The van der Waals surface area contributed by atoms with Crippen molar-refractivity contribution < 1.29 is 8.81 Å². The van der Waals surface area contributed by atoms with Gasteiger partial charge in [-0.2, -0.15) is 0 Å². The summed E-state index contributed by atoms with van der Waals surface area (Å²) in [6, 6.07) is 4.37. The average molecular weight is 283 g/mol. The predicted octanol–water partition coefficient (Wildman–Crippen LogP) is 2.39. The Morgan fingerprint density at radius 2 is 2.19 bits per heavy atom. The molecule has 2 aromatic rings. The molecule has 1 atom stereocenters. The standard InChI is InChI=1S/C11H9BBrFO2/c1-5(12)11-9(13)10(15)8-6(14)3-2-4-7(8)16-11/h2-5H,12H2,1H3. The molecule has 5 heteroatoms. The first kappa shape index (κ1) is 11.4. The van der Waals surface area contributed by atoms with Gasteiger partial charge in [-0.05, 0) is 33.9 Å². The molecule has 0 N–H and O–H groups in total. The van der Waals surface area contributed by atoms with Gasteiger partial charge in [0.1, 0.15) is 34.9 Å². The van der Waals surface area contributed by atoms with Crippen molar-refractivity contribution in [2.45, 2.75) is 12.7 Å². The van der Waals surface area contributed by atoms with Crippen LogP contribution in [0.3, 0.4) is 0 Å². The fourth-order valence-corrected chi connectivity index (χ4v) is 2.30. The Kier molecular flexibility index (Phi) is 2.89. The Balaban J connectivity index is 2.95. The number of halogens is 2. The van der Waals surface area contributed by atoms with E-state index in [0.717, 1.165) is 0 Å². The summed E-state index contributed by atoms with van der Waals surface area (Å²) in [4.78, 5) is 11.9. The van der Waals surface area contributed by atoms with Crippen LogP contribution in [0, 0.1) is 5.82 Å². The molecule has 2 nitrogen and oxygen atoms in total. The normalized spacial score (nSPS) is 12.9. The van der Waals surface area contributed by atoms with Crippen LogP contribution in [-0.2, 0) is 0 Å². The van der Waals surface area contributed by atoms with Gasteiger partial charge in [-0.3, -0.25) is 4.79 Å². The number of hydrogen-bond donors (Lipinski definition) is 0. The maximum absolute atomic E-state index is 13.5. The van der Waals surface area contributed by atoms with Gasteiger partial charge in [-0.15, -0.1) is 0 Å². The SMILES string of the molecule is BC(C)c1oc2cccc(F)c2c(=O)c1Br. The van der Waals surface area contributed by atoms with Crippen molar-refractivity contribution in [2.75, 3.05) is 0 Å². The minimum absolute atomic E-state index is 0.00113. The first-order valence-corrected chi connectivity index (χ1v) is 5.72. The molecule has 0 saturated heterocycles. The van der Waals surface area contributed by atoms with Crippen LogP contribution in [0.15, 0.2) is 31.9 Å². The largest absolute Gasteiger partial charge is 0.460 e. The maximum Gasteiger partial charge on any atom is 0.210 e. The van der Waals surface area contributed by atoms with Gasteiger partial charge in [-0.25, -0.2) is 4.39 Å². The zero-order valence-corrected chi connectivity index (χ0v) is 10.5. The van der Waals surface area contributed by atoms with Crippen molar-refractivity contribution in [2.24, 2.45) is 0 Å². The van der Waals surface area contributed by atoms with Crippen LogP contribution < -0.4 is 5.43 Å². The molecule has 0 amide bonds. The molecule has 0 fully saturated rings. The van der Waals surface area contributed by atoms with Crippen molar-refractivity contribution in [3.63, 3.8) is 0 Å². The van der Waals surface area contributed by atoms with Crippen molar-refractivity contribution >= 4 is 34.7 Å². The van der Waals surface area contributed by atoms with Crippen LogP contribution in [0.5, 0.6) is 0 Å². The monoisotopic (exact) mass is 282 g/mol. The quantitative estimate of drug-likeness (QED) is 0.752. The zero-order valence-electron chi connectivity index (χ0n) is 8.88. The van der Waals surface area contributed by atoms with Crippen molar-refractivity contribution in [3.8, 4) is 0 Å². The molecule has 0 bridgehead atoms. The molecule has 0 spiro atoms. The minimum Gasteiger partial charge on any atom is -0.460 e. The minimum atomic E-state index is -0.553.